The molecule has 1 atom stereocenters. The average Bonchev–Trinajstić information content (AvgIpc) is 3.06. The predicted octanol–water partition coefficient (Wildman–Crippen LogP) is 5.15. The maximum absolute atomic E-state index is 12.6. The smallest absolute Gasteiger partial charge is 0.338 e. The van der Waals surface area contributed by atoms with Crippen molar-refractivity contribution >= 4 is 34.9 Å². The van der Waals surface area contributed by atoms with Crippen molar-refractivity contribution in [3.05, 3.63) is 113 Å². The number of nitrogens with zero attached hydrogens (tertiary/aromatic N) is 1. The SMILES string of the molecule is CCOC(=O)C1=C(C)NC(=O)N[C@@H]1c1ccc(OCC(=O)N/N=C/c2cccc(OCc3cccc4ccccc34)c2)c(OC)c1. The molecule has 0 saturated carbocycles. The van der Waals surface area contributed by atoms with Gasteiger partial charge >= 0.3 is 12.0 Å². The lowest BCUT2D eigenvalue weighted by Gasteiger charge is -2.28. The molecule has 0 radical (unpaired) electrons. The summed E-state index contributed by atoms with van der Waals surface area (Å²) in [5, 5.41) is 11.7. The lowest BCUT2D eigenvalue weighted by Crippen LogP contribution is -2.45. The Kier molecular flexibility index (Phi) is 10.1. The summed E-state index contributed by atoms with van der Waals surface area (Å²) >= 11 is 0. The standard InChI is InChI=1S/C35H34N4O7/c1-4-44-34(41)32-22(2)37-35(42)38-33(32)25-15-16-29(30(18-25)43-3)46-21-31(40)39-36-19-23-9-7-13-27(17-23)45-20-26-12-8-11-24-10-5-6-14-28(24)26/h5-19,33H,4,20-21H2,1-3H3,(H,39,40)(H2,37,38,42)/b36-19+/t33-/m1/s1. The van der Waals surface area contributed by atoms with Crippen LogP contribution in [0, 0.1) is 0 Å². The van der Waals surface area contributed by atoms with Crippen LogP contribution in [-0.4, -0.2) is 44.4 Å². The number of carbonyl (C=O) groups excluding carboxylic acids is 3. The average molecular weight is 623 g/mol. The van der Waals surface area contributed by atoms with Crippen molar-refractivity contribution in [2.45, 2.75) is 26.5 Å². The van der Waals surface area contributed by atoms with E-state index in [4.69, 9.17) is 18.9 Å². The largest absolute Gasteiger partial charge is 0.493 e. The topological polar surface area (TPSA) is 137 Å². The number of allylic oxidation sites excluding steroid dienone is 1. The molecule has 3 amide bonds. The third-order valence-electron chi connectivity index (χ3n) is 7.18. The zero-order chi connectivity index (χ0) is 32.5. The zero-order valence-corrected chi connectivity index (χ0v) is 25.7. The first-order chi connectivity index (χ1) is 22.4. The summed E-state index contributed by atoms with van der Waals surface area (Å²) in [4.78, 5) is 37.3. The van der Waals surface area contributed by atoms with Crippen LogP contribution in [-0.2, 0) is 20.9 Å². The summed E-state index contributed by atoms with van der Waals surface area (Å²) in [5.74, 6) is 0.239. The third-order valence-corrected chi connectivity index (χ3v) is 7.18. The summed E-state index contributed by atoms with van der Waals surface area (Å²) in [7, 11) is 1.45. The Morgan fingerprint density at radius 2 is 1.76 bits per heavy atom. The van der Waals surface area contributed by atoms with Gasteiger partial charge in [0.15, 0.2) is 18.1 Å². The highest BCUT2D eigenvalue weighted by molar-refractivity contribution is 5.95. The van der Waals surface area contributed by atoms with Crippen LogP contribution in [0.15, 0.2) is 101 Å². The van der Waals surface area contributed by atoms with Crippen LogP contribution in [0.25, 0.3) is 10.8 Å². The monoisotopic (exact) mass is 622 g/mol. The highest BCUT2D eigenvalue weighted by atomic mass is 16.5. The van der Waals surface area contributed by atoms with E-state index in [0.29, 0.717) is 35.1 Å². The van der Waals surface area contributed by atoms with Gasteiger partial charge in [-0.15, -0.1) is 0 Å². The van der Waals surface area contributed by atoms with E-state index in [0.717, 1.165) is 21.9 Å². The quantitative estimate of drug-likeness (QED) is 0.113. The summed E-state index contributed by atoms with van der Waals surface area (Å²) < 4.78 is 22.4. The van der Waals surface area contributed by atoms with Crippen LogP contribution in [0.5, 0.6) is 17.2 Å². The molecule has 0 bridgehead atoms. The minimum absolute atomic E-state index is 0.186. The highest BCUT2D eigenvalue weighted by Crippen LogP contribution is 2.34. The molecular formula is C35H34N4O7. The van der Waals surface area contributed by atoms with Gasteiger partial charge in [-0.1, -0.05) is 60.7 Å². The molecule has 0 saturated heterocycles. The molecule has 4 aromatic rings. The van der Waals surface area contributed by atoms with Crippen LogP contribution in [0.4, 0.5) is 4.79 Å². The van der Waals surface area contributed by atoms with Crippen LogP contribution < -0.4 is 30.3 Å². The number of methoxy groups -OCH3 is 1. The van der Waals surface area contributed by atoms with Gasteiger partial charge in [0.05, 0.1) is 31.5 Å². The Balaban J connectivity index is 1.17. The maximum atomic E-state index is 12.6. The number of nitrogens with one attached hydrogen (secondary N) is 3. The minimum Gasteiger partial charge on any atom is -0.493 e. The second-order valence-electron chi connectivity index (χ2n) is 10.3. The highest BCUT2D eigenvalue weighted by Gasteiger charge is 2.32. The summed E-state index contributed by atoms with van der Waals surface area (Å²) in [6.45, 7) is 3.60. The molecule has 0 unspecified atom stereocenters. The maximum Gasteiger partial charge on any atom is 0.338 e. The van der Waals surface area contributed by atoms with Crippen LogP contribution in [0.2, 0.25) is 0 Å². The van der Waals surface area contributed by atoms with Crippen LogP contribution >= 0.6 is 0 Å². The number of rotatable bonds is 12. The molecule has 0 spiro atoms. The molecular weight excluding hydrogens is 588 g/mol. The molecule has 0 aromatic heterocycles. The first-order valence-electron chi connectivity index (χ1n) is 14.6. The number of hydrogen-bond acceptors (Lipinski definition) is 8. The number of amides is 3. The summed E-state index contributed by atoms with van der Waals surface area (Å²) in [5.41, 5.74) is 5.51. The molecule has 11 nitrogen and oxygen atoms in total. The van der Waals surface area contributed by atoms with E-state index in [2.05, 4.69) is 39.4 Å². The van der Waals surface area contributed by atoms with Crippen molar-refractivity contribution < 1.29 is 33.3 Å². The van der Waals surface area contributed by atoms with E-state index in [1.54, 1.807) is 32.0 Å². The van der Waals surface area contributed by atoms with Gasteiger partial charge in [0.25, 0.3) is 5.91 Å². The molecule has 1 aliphatic rings. The predicted molar refractivity (Wildman–Crippen MR) is 173 cm³/mol. The van der Waals surface area contributed by atoms with Gasteiger partial charge in [0, 0.05) is 5.70 Å². The number of hydrogen-bond donors (Lipinski definition) is 3. The first kappa shape index (κ1) is 31.6. The molecule has 4 aromatic carbocycles. The summed E-state index contributed by atoms with van der Waals surface area (Å²) in [6, 6.07) is 25.4. The first-order valence-corrected chi connectivity index (χ1v) is 14.6. The molecule has 3 N–H and O–H groups in total. The number of carbonyl (C=O) groups is 3. The zero-order valence-electron chi connectivity index (χ0n) is 25.7. The van der Waals surface area contributed by atoms with Crippen molar-refractivity contribution in [1.29, 1.82) is 0 Å². The molecule has 1 heterocycles. The molecule has 1 aliphatic heterocycles. The number of fused-ring (bicyclic) bond motifs is 1. The summed E-state index contributed by atoms with van der Waals surface area (Å²) in [6.07, 6.45) is 1.52. The lowest BCUT2D eigenvalue weighted by molar-refractivity contribution is -0.139. The van der Waals surface area contributed by atoms with E-state index in [-0.39, 0.29) is 18.8 Å². The Labute approximate surface area is 266 Å². The Hall–Kier alpha value is -5.84. The fourth-order valence-corrected chi connectivity index (χ4v) is 5.02. The van der Waals surface area contributed by atoms with Crippen molar-refractivity contribution in [1.82, 2.24) is 16.1 Å². The Bertz CT molecular complexity index is 1810. The molecule has 46 heavy (non-hydrogen) atoms. The van der Waals surface area contributed by atoms with Crippen molar-refractivity contribution in [3.8, 4) is 17.2 Å². The molecule has 11 heteroatoms. The molecule has 5 rings (SSSR count). The van der Waals surface area contributed by atoms with Gasteiger partial charge in [0.1, 0.15) is 12.4 Å². The normalized spacial score (nSPS) is 14.4. The number of benzene rings is 4. The van der Waals surface area contributed by atoms with E-state index >= 15 is 0 Å². The van der Waals surface area contributed by atoms with E-state index in [1.165, 1.54) is 13.3 Å². The third kappa shape index (κ3) is 7.62. The van der Waals surface area contributed by atoms with E-state index < -0.39 is 23.9 Å². The fraction of sp³-hybridized carbons (Fsp3) is 0.200. The van der Waals surface area contributed by atoms with Gasteiger partial charge in [-0.25, -0.2) is 15.0 Å². The van der Waals surface area contributed by atoms with Gasteiger partial charge < -0.3 is 29.6 Å². The molecule has 0 fully saturated rings. The van der Waals surface area contributed by atoms with Gasteiger partial charge in [-0.05, 0) is 65.6 Å². The van der Waals surface area contributed by atoms with Gasteiger partial charge in [0.2, 0.25) is 0 Å². The number of hydrazone groups is 1. The van der Waals surface area contributed by atoms with Crippen molar-refractivity contribution in [3.63, 3.8) is 0 Å². The van der Waals surface area contributed by atoms with Crippen molar-refractivity contribution in [2.75, 3.05) is 20.3 Å². The van der Waals surface area contributed by atoms with Crippen LogP contribution in [0.3, 0.4) is 0 Å². The number of ether oxygens (including phenoxy) is 4. The number of esters is 1. The minimum atomic E-state index is -0.768. The second-order valence-corrected chi connectivity index (χ2v) is 10.3. The Morgan fingerprint density at radius 3 is 2.59 bits per heavy atom. The Morgan fingerprint density at radius 1 is 0.957 bits per heavy atom. The second kappa shape index (κ2) is 14.8. The molecule has 236 valence electrons. The van der Waals surface area contributed by atoms with E-state index in [1.807, 2.05) is 48.5 Å². The lowest BCUT2D eigenvalue weighted by atomic mass is 9.95. The van der Waals surface area contributed by atoms with Crippen molar-refractivity contribution in [2.24, 2.45) is 5.10 Å². The van der Waals surface area contributed by atoms with E-state index in [9.17, 15) is 14.4 Å². The van der Waals surface area contributed by atoms with Gasteiger partial charge in [-0.3, -0.25) is 4.79 Å². The van der Waals surface area contributed by atoms with Crippen LogP contribution in [0.1, 0.15) is 36.6 Å². The molecule has 0 aliphatic carbocycles. The fourth-order valence-electron chi connectivity index (χ4n) is 5.02. The number of urea groups is 1. The van der Waals surface area contributed by atoms with Gasteiger partial charge in [-0.2, -0.15) is 5.10 Å².